The molecule has 0 radical (unpaired) electrons. The number of rotatable bonds is 4. The topological polar surface area (TPSA) is 106 Å². The van der Waals surface area contributed by atoms with Gasteiger partial charge in [-0.3, -0.25) is 14.1 Å². The van der Waals surface area contributed by atoms with Crippen LogP contribution in [0.5, 0.6) is 0 Å². The summed E-state index contributed by atoms with van der Waals surface area (Å²) in [5.74, 6) is -0.904. The molecule has 0 saturated carbocycles. The second-order valence-corrected chi connectivity index (χ2v) is 5.43. The predicted molar refractivity (Wildman–Crippen MR) is 44.7 cm³/mol. The highest BCUT2D eigenvalue weighted by atomic mass is 32.3. The van der Waals surface area contributed by atoms with Gasteiger partial charge in [0.1, 0.15) is 6.04 Å². The summed E-state index contributed by atoms with van der Waals surface area (Å²) in [5, 5.41) is 13.5. The van der Waals surface area contributed by atoms with Crippen LogP contribution in [0.25, 0.3) is 0 Å². The lowest BCUT2D eigenvalue weighted by Crippen LogP contribution is -2.35. The quantitative estimate of drug-likeness (QED) is 0.389. The van der Waals surface area contributed by atoms with E-state index in [0.29, 0.717) is 0 Å². The number of carbonyl (C=O) groups is 1. The van der Waals surface area contributed by atoms with E-state index >= 15 is 0 Å². The Kier molecular flexibility index (Phi) is 3.64. The van der Waals surface area contributed by atoms with Gasteiger partial charge in [0.05, 0.1) is 0 Å². The maximum Gasteiger partial charge on any atom is 0.320 e. The molecule has 1 atom stereocenters. The molecule has 6 heteroatoms. The summed E-state index contributed by atoms with van der Waals surface area (Å²) in [6, 6.07) is -0.952. The van der Waals surface area contributed by atoms with Gasteiger partial charge in [-0.05, 0) is 6.42 Å². The van der Waals surface area contributed by atoms with E-state index in [0.717, 1.165) is 0 Å². The number of carboxylic acids is 1. The lowest BCUT2D eigenvalue weighted by Gasteiger charge is -2.13. The van der Waals surface area contributed by atoms with E-state index in [-0.39, 0.29) is 12.2 Å². The standard InChI is InChI=1S/C5H14N2O3S/c1-11(7,10)3-2-4(6)5(8)9/h4,11H,2-3,6H2,1H3,(H2,7,10)(H,8,9). The fourth-order valence-electron chi connectivity index (χ4n) is 0.519. The van der Waals surface area contributed by atoms with Gasteiger partial charge in [-0.2, -0.15) is 0 Å². The summed E-state index contributed by atoms with van der Waals surface area (Å²) in [6.45, 7) is 0. The van der Waals surface area contributed by atoms with Crippen molar-refractivity contribution in [1.29, 1.82) is 0 Å². The molecule has 0 amide bonds. The molecule has 0 aliphatic carbocycles. The Bertz CT molecular complexity index is 188. The van der Waals surface area contributed by atoms with E-state index in [2.05, 4.69) is 0 Å². The van der Waals surface area contributed by atoms with Gasteiger partial charge in [0.15, 0.2) is 0 Å². The third-order valence-corrected chi connectivity index (χ3v) is 2.35. The minimum Gasteiger partial charge on any atom is -0.480 e. The van der Waals surface area contributed by atoms with Crippen molar-refractivity contribution in [2.45, 2.75) is 12.5 Å². The molecule has 0 heterocycles. The molecule has 0 aromatic rings. The number of hydrogen-bond acceptors (Lipinski definition) is 3. The van der Waals surface area contributed by atoms with Crippen LogP contribution < -0.4 is 10.9 Å². The summed E-state index contributed by atoms with van der Waals surface area (Å²) in [5.41, 5.74) is 5.15. The van der Waals surface area contributed by atoms with Gasteiger partial charge >= 0.3 is 5.97 Å². The Balaban J connectivity index is 3.72. The molecule has 0 aliphatic heterocycles. The monoisotopic (exact) mass is 182 g/mol. The Morgan fingerprint density at radius 3 is 2.45 bits per heavy atom. The zero-order chi connectivity index (χ0) is 9.07. The van der Waals surface area contributed by atoms with Crippen molar-refractivity contribution >= 4 is 16.1 Å². The number of aliphatic carboxylic acids is 1. The van der Waals surface area contributed by atoms with Crippen molar-refractivity contribution < 1.29 is 14.1 Å². The molecular formula is C5H14N2O3S. The molecule has 11 heavy (non-hydrogen) atoms. The molecule has 0 aliphatic rings. The van der Waals surface area contributed by atoms with Gasteiger partial charge in [-0.15, -0.1) is 0 Å². The molecule has 5 nitrogen and oxygen atoms in total. The second kappa shape index (κ2) is 3.80. The first-order chi connectivity index (χ1) is 4.83. The summed E-state index contributed by atoms with van der Waals surface area (Å²) < 4.78 is 10.9. The van der Waals surface area contributed by atoms with Crippen molar-refractivity contribution in [3.8, 4) is 0 Å². The number of carboxylic acid groups (broad SMARTS) is 1. The van der Waals surface area contributed by atoms with Gasteiger partial charge in [0, 0.05) is 12.0 Å². The zero-order valence-corrected chi connectivity index (χ0v) is 7.25. The first-order valence-electron chi connectivity index (χ1n) is 3.16. The van der Waals surface area contributed by atoms with Crippen LogP contribution in [0.3, 0.4) is 0 Å². The largest absolute Gasteiger partial charge is 0.480 e. The van der Waals surface area contributed by atoms with E-state index < -0.39 is 22.1 Å². The maximum absolute atomic E-state index is 10.9. The Morgan fingerprint density at radius 1 is 1.73 bits per heavy atom. The summed E-state index contributed by atoms with van der Waals surface area (Å²) in [7, 11) is -2.60. The highest BCUT2D eigenvalue weighted by molar-refractivity contribution is 8.00. The average Bonchev–Trinajstić information content (AvgIpc) is 1.80. The first-order valence-corrected chi connectivity index (χ1v) is 5.57. The molecule has 0 aromatic carbocycles. The van der Waals surface area contributed by atoms with Crippen LogP contribution >= 0.6 is 0 Å². The van der Waals surface area contributed by atoms with E-state index in [9.17, 15) is 9.00 Å². The molecular weight excluding hydrogens is 168 g/mol. The normalized spacial score (nSPS) is 15.9. The van der Waals surface area contributed by atoms with Crippen LogP contribution in [0.1, 0.15) is 6.42 Å². The van der Waals surface area contributed by atoms with Crippen molar-refractivity contribution in [3.63, 3.8) is 0 Å². The number of nitrogens with two attached hydrogens (primary N) is 2. The zero-order valence-electron chi connectivity index (χ0n) is 6.36. The van der Waals surface area contributed by atoms with Crippen molar-refractivity contribution in [2.75, 3.05) is 12.0 Å². The maximum atomic E-state index is 10.9. The Labute approximate surface area is 66.3 Å². The smallest absolute Gasteiger partial charge is 0.320 e. The van der Waals surface area contributed by atoms with Crippen LogP contribution in [0, 0.1) is 0 Å². The molecule has 5 N–H and O–H groups in total. The average molecular weight is 182 g/mol. The Morgan fingerprint density at radius 2 is 2.18 bits per heavy atom. The molecule has 0 aromatic heterocycles. The lowest BCUT2D eigenvalue weighted by molar-refractivity contribution is -0.138. The van der Waals surface area contributed by atoms with Gasteiger partial charge in [-0.25, -0.2) is 0 Å². The molecule has 0 spiro atoms. The van der Waals surface area contributed by atoms with Crippen LogP contribution in [0.15, 0.2) is 0 Å². The minimum absolute atomic E-state index is 0.166. The van der Waals surface area contributed by atoms with E-state index in [1.54, 1.807) is 0 Å². The first kappa shape index (κ1) is 10.5. The molecule has 1 unspecified atom stereocenters. The fraction of sp³-hybridized carbons (Fsp3) is 0.800. The van der Waals surface area contributed by atoms with E-state index in [4.69, 9.17) is 16.0 Å². The number of thiol groups is 1. The predicted octanol–water partition coefficient (Wildman–Crippen LogP) is -1.69. The fourth-order valence-corrected chi connectivity index (χ4v) is 1.31. The van der Waals surface area contributed by atoms with Crippen LogP contribution in [-0.4, -0.2) is 33.3 Å². The second-order valence-electron chi connectivity index (χ2n) is 2.63. The molecule has 68 valence electrons. The van der Waals surface area contributed by atoms with Gasteiger partial charge in [0.25, 0.3) is 0 Å². The lowest BCUT2D eigenvalue weighted by atomic mass is 10.2. The summed E-state index contributed by atoms with van der Waals surface area (Å²) in [4.78, 5) is 10.2. The van der Waals surface area contributed by atoms with Crippen LogP contribution in [0.2, 0.25) is 0 Å². The molecule has 0 saturated heterocycles. The van der Waals surface area contributed by atoms with E-state index in [1.807, 2.05) is 0 Å². The third-order valence-electron chi connectivity index (χ3n) is 1.20. The van der Waals surface area contributed by atoms with Crippen LogP contribution in [0.4, 0.5) is 0 Å². The minimum atomic E-state index is -2.60. The number of hydrogen-bond donors (Lipinski definition) is 4. The summed E-state index contributed by atoms with van der Waals surface area (Å²) >= 11 is 0. The van der Waals surface area contributed by atoms with E-state index in [1.165, 1.54) is 6.26 Å². The Hall–Kier alpha value is -0.460. The third kappa shape index (κ3) is 5.96. The van der Waals surface area contributed by atoms with Crippen molar-refractivity contribution in [3.05, 3.63) is 0 Å². The summed E-state index contributed by atoms with van der Waals surface area (Å²) in [6.07, 6.45) is 1.57. The van der Waals surface area contributed by atoms with Crippen molar-refractivity contribution in [2.24, 2.45) is 10.9 Å². The molecule has 0 rings (SSSR count). The SMILES string of the molecule is C[SH](N)(=O)CCC(N)C(=O)O. The van der Waals surface area contributed by atoms with Gasteiger partial charge < -0.3 is 10.8 Å². The van der Waals surface area contributed by atoms with Gasteiger partial charge in [-0.1, -0.05) is 10.1 Å². The molecule has 0 fully saturated rings. The highest BCUT2D eigenvalue weighted by Gasteiger charge is 2.12. The van der Waals surface area contributed by atoms with Crippen molar-refractivity contribution in [1.82, 2.24) is 0 Å². The molecule has 0 bridgehead atoms. The van der Waals surface area contributed by atoms with Gasteiger partial charge in [0.2, 0.25) is 0 Å². The highest BCUT2D eigenvalue weighted by Crippen LogP contribution is 1.95. The van der Waals surface area contributed by atoms with Crippen LogP contribution in [-0.2, 0) is 14.9 Å².